The Bertz CT molecular complexity index is 717. The van der Waals surface area contributed by atoms with Gasteiger partial charge in [0.25, 0.3) is 5.91 Å². The van der Waals surface area contributed by atoms with Crippen molar-refractivity contribution < 1.29 is 23.9 Å². The van der Waals surface area contributed by atoms with Gasteiger partial charge in [0.05, 0.1) is 7.11 Å². The molecular formula is C17H17N3O5. The fourth-order valence-corrected chi connectivity index (χ4v) is 1.58. The molecule has 0 heterocycles. The second kappa shape index (κ2) is 10.2. The first-order valence-electron chi connectivity index (χ1n) is 7.11. The maximum Gasteiger partial charge on any atom is 0.349 e. The Labute approximate surface area is 144 Å². The van der Waals surface area contributed by atoms with Crippen LogP contribution in [0, 0.1) is 11.3 Å². The van der Waals surface area contributed by atoms with Gasteiger partial charge in [0.1, 0.15) is 17.4 Å². The summed E-state index contributed by atoms with van der Waals surface area (Å²) in [5.74, 6) is -1.17. The average Bonchev–Trinajstić information content (AvgIpc) is 2.62. The third kappa shape index (κ3) is 7.00. The van der Waals surface area contributed by atoms with Crippen LogP contribution >= 0.6 is 0 Å². The van der Waals surface area contributed by atoms with Crippen molar-refractivity contribution in [1.29, 1.82) is 5.26 Å². The van der Waals surface area contributed by atoms with Crippen molar-refractivity contribution in [3.05, 3.63) is 48.1 Å². The molecule has 0 atom stereocenters. The smallest absolute Gasteiger partial charge is 0.349 e. The Hall–Kier alpha value is -3.60. The minimum Gasteiger partial charge on any atom is -0.497 e. The number of esters is 1. The van der Waals surface area contributed by atoms with E-state index in [9.17, 15) is 14.4 Å². The first-order valence-corrected chi connectivity index (χ1v) is 7.11. The SMILES string of the molecule is C=CCNC(=O)NC(=O)COC(=O)/C(C#N)=C/c1ccc(OC)cc1. The topological polar surface area (TPSA) is 118 Å². The summed E-state index contributed by atoms with van der Waals surface area (Å²) >= 11 is 0. The molecule has 0 fully saturated rings. The standard InChI is InChI=1S/C17H17N3O5/c1-3-8-19-17(23)20-15(21)11-25-16(22)13(10-18)9-12-4-6-14(24-2)7-5-12/h3-7,9H,1,8,11H2,2H3,(H2,19,20,21,23)/b13-9+. The minimum absolute atomic E-state index is 0.183. The van der Waals surface area contributed by atoms with Gasteiger partial charge in [0.15, 0.2) is 6.61 Å². The second-order valence-electron chi connectivity index (χ2n) is 4.57. The number of rotatable bonds is 7. The molecule has 0 radical (unpaired) electrons. The van der Waals surface area contributed by atoms with E-state index >= 15 is 0 Å². The van der Waals surface area contributed by atoms with Gasteiger partial charge in [-0.15, -0.1) is 6.58 Å². The molecule has 2 N–H and O–H groups in total. The summed E-state index contributed by atoms with van der Waals surface area (Å²) in [5, 5.41) is 13.3. The lowest BCUT2D eigenvalue weighted by atomic mass is 10.1. The molecule has 0 saturated heterocycles. The molecule has 0 aliphatic heterocycles. The number of hydrogen-bond acceptors (Lipinski definition) is 6. The molecule has 130 valence electrons. The van der Waals surface area contributed by atoms with Crippen molar-refractivity contribution in [2.45, 2.75) is 0 Å². The molecule has 0 aliphatic carbocycles. The van der Waals surface area contributed by atoms with Crippen molar-refractivity contribution in [3.63, 3.8) is 0 Å². The average molecular weight is 343 g/mol. The molecule has 0 aromatic heterocycles. The van der Waals surface area contributed by atoms with Crippen LogP contribution in [0.5, 0.6) is 5.75 Å². The van der Waals surface area contributed by atoms with Crippen LogP contribution in [-0.4, -0.2) is 38.2 Å². The number of methoxy groups -OCH3 is 1. The van der Waals surface area contributed by atoms with Gasteiger partial charge in [-0.05, 0) is 23.8 Å². The summed E-state index contributed by atoms with van der Waals surface area (Å²) in [6, 6.07) is 7.61. The van der Waals surface area contributed by atoms with Gasteiger partial charge in [-0.1, -0.05) is 18.2 Å². The molecule has 1 rings (SSSR count). The zero-order valence-corrected chi connectivity index (χ0v) is 13.6. The van der Waals surface area contributed by atoms with E-state index in [1.807, 2.05) is 5.32 Å². The number of nitrogens with zero attached hydrogens (tertiary/aromatic N) is 1. The van der Waals surface area contributed by atoms with Gasteiger partial charge in [-0.2, -0.15) is 5.26 Å². The van der Waals surface area contributed by atoms with Crippen LogP contribution in [0.15, 0.2) is 42.5 Å². The lowest BCUT2D eigenvalue weighted by Crippen LogP contribution is -2.41. The fraction of sp³-hybridized carbons (Fsp3) is 0.176. The van der Waals surface area contributed by atoms with Crippen LogP contribution < -0.4 is 15.4 Å². The minimum atomic E-state index is -0.972. The number of ether oxygens (including phenoxy) is 2. The Morgan fingerprint density at radius 3 is 2.52 bits per heavy atom. The number of carbonyl (C=O) groups is 3. The zero-order valence-electron chi connectivity index (χ0n) is 13.6. The normalized spacial score (nSPS) is 10.2. The molecule has 0 aliphatic rings. The molecule has 0 spiro atoms. The van der Waals surface area contributed by atoms with Crippen LogP contribution in [0.25, 0.3) is 6.08 Å². The zero-order chi connectivity index (χ0) is 18.7. The maximum atomic E-state index is 11.8. The second-order valence-corrected chi connectivity index (χ2v) is 4.57. The van der Waals surface area contributed by atoms with E-state index in [0.717, 1.165) is 0 Å². The summed E-state index contributed by atoms with van der Waals surface area (Å²) in [7, 11) is 1.52. The van der Waals surface area contributed by atoms with Crippen molar-refractivity contribution >= 4 is 24.0 Å². The summed E-state index contributed by atoms with van der Waals surface area (Å²) in [6.45, 7) is 2.89. The first kappa shape index (κ1) is 19.4. The molecule has 1 aromatic rings. The van der Waals surface area contributed by atoms with Crippen molar-refractivity contribution in [1.82, 2.24) is 10.6 Å². The molecule has 3 amide bonds. The highest BCUT2D eigenvalue weighted by Gasteiger charge is 2.14. The van der Waals surface area contributed by atoms with E-state index in [-0.39, 0.29) is 12.1 Å². The predicted octanol–water partition coefficient (Wildman–Crippen LogP) is 1.16. The Morgan fingerprint density at radius 1 is 1.28 bits per heavy atom. The van der Waals surface area contributed by atoms with Crippen LogP contribution in [0.3, 0.4) is 0 Å². The molecule has 1 aromatic carbocycles. The van der Waals surface area contributed by atoms with Crippen LogP contribution in [0.4, 0.5) is 4.79 Å². The van der Waals surface area contributed by atoms with E-state index in [4.69, 9.17) is 14.7 Å². The van der Waals surface area contributed by atoms with E-state index in [2.05, 4.69) is 11.9 Å². The third-order valence-corrected chi connectivity index (χ3v) is 2.76. The summed E-state index contributed by atoms with van der Waals surface area (Å²) in [5.41, 5.74) is 0.302. The fourth-order valence-electron chi connectivity index (χ4n) is 1.58. The Kier molecular flexibility index (Phi) is 7.95. The quantitative estimate of drug-likeness (QED) is 0.332. The van der Waals surface area contributed by atoms with Crippen molar-refractivity contribution in [2.75, 3.05) is 20.3 Å². The molecule has 0 bridgehead atoms. The number of urea groups is 1. The summed E-state index contributed by atoms with van der Waals surface area (Å²) < 4.78 is 9.72. The predicted molar refractivity (Wildman–Crippen MR) is 89.3 cm³/mol. The highest BCUT2D eigenvalue weighted by Crippen LogP contribution is 2.14. The molecule has 0 saturated carbocycles. The molecule has 8 heteroatoms. The molecular weight excluding hydrogens is 326 g/mol. The number of nitrogens with one attached hydrogen (secondary N) is 2. The van der Waals surface area contributed by atoms with Gasteiger partial charge in [-0.25, -0.2) is 9.59 Å². The van der Waals surface area contributed by atoms with Gasteiger partial charge >= 0.3 is 12.0 Å². The lowest BCUT2D eigenvalue weighted by Gasteiger charge is -2.06. The number of nitriles is 1. The third-order valence-electron chi connectivity index (χ3n) is 2.76. The number of imide groups is 1. The molecule has 0 unspecified atom stereocenters. The van der Waals surface area contributed by atoms with Crippen LogP contribution in [0.2, 0.25) is 0 Å². The van der Waals surface area contributed by atoms with Crippen molar-refractivity contribution in [2.24, 2.45) is 0 Å². The van der Waals surface area contributed by atoms with E-state index in [1.54, 1.807) is 30.3 Å². The van der Waals surface area contributed by atoms with E-state index < -0.39 is 24.5 Å². The van der Waals surface area contributed by atoms with Crippen molar-refractivity contribution in [3.8, 4) is 11.8 Å². The first-order chi connectivity index (χ1) is 12.0. The van der Waals surface area contributed by atoms with Gasteiger partial charge in [0.2, 0.25) is 0 Å². The van der Waals surface area contributed by atoms with Gasteiger partial charge in [0, 0.05) is 6.54 Å². The highest BCUT2D eigenvalue weighted by atomic mass is 16.5. The van der Waals surface area contributed by atoms with Gasteiger partial charge < -0.3 is 14.8 Å². The van der Waals surface area contributed by atoms with Crippen LogP contribution in [0.1, 0.15) is 5.56 Å². The maximum absolute atomic E-state index is 11.8. The van der Waals surface area contributed by atoms with Gasteiger partial charge in [-0.3, -0.25) is 10.1 Å². The number of amides is 3. The summed E-state index contributed by atoms with van der Waals surface area (Å²) in [6.07, 6.45) is 2.75. The number of benzene rings is 1. The van der Waals surface area contributed by atoms with Crippen LogP contribution in [-0.2, 0) is 14.3 Å². The summed E-state index contributed by atoms with van der Waals surface area (Å²) in [4.78, 5) is 34.5. The largest absolute Gasteiger partial charge is 0.497 e. The van der Waals surface area contributed by atoms with E-state index in [0.29, 0.717) is 11.3 Å². The Morgan fingerprint density at radius 2 is 1.96 bits per heavy atom. The van der Waals surface area contributed by atoms with E-state index in [1.165, 1.54) is 19.3 Å². The number of carbonyl (C=O) groups excluding carboxylic acids is 3. The monoisotopic (exact) mass is 343 g/mol. The number of hydrogen-bond donors (Lipinski definition) is 2. The Balaban J connectivity index is 2.59. The lowest BCUT2D eigenvalue weighted by molar-refractivity contribution is -0.144. The molecule has 8 nitrogen and oxygen atoms in total. The highest BCUT2D eigenvalue weighted by molar-refractivity contribution is 6.00. The molecule has 25 heavy (non-hydrogen) atoms.